The van der Waals surface area contributed by atoms with Gasteiger partial charge in [-0.3, -0.25) is 10.2 Å². The SMILES string of the molecule is CC(C)N=C(N)OC(=N)c1ccc2[nH]cc(-c3ncc(C(N)=O)s3)c2c1. The first kappa shape index (κ1) is 17.6. The molecule has 2 aromatic heterocycles. The molecule has 0 spiro atoms. The Morgan fingerprint density at radius 1 is 1.38 bits per heavy atom. The number of hydrogen-bond acceptors (Lipinski definition) is 6. The molecule has 1 amide bonds. The molecule has 6 N–H and O–H groups in total. The molecular weight excluding hydrogens is 352 g/mol. The molecule has 3 aromatic rings. The number of aliphatic imine (C=N–C) groups is 1. The van der Waals surface area contributed by atoms with Crippen LogP contribution >= 0.6 is 11.3 Å². The molecule has 8 nitrogen and oxygen atoms in total. The number of primary amides is 1. The maximum atomic E-state index is 11.3. The highest BCUT2D eigenvalue weighted by molar-refractivity contribution is 7.17. The number of aromatic nitrogens is 2. The van der Waals surface area contributed by atoms with E-state index in [0.29, 0.717) is 15.4 Å². The molecule has 1 aromatic carbocycles. The van der Waals surface area contributed by atoms with E-state index in [2.05, 4.69) is 15.0 Å². The van der Waals surface area contributed by atoms with Crippen LogP contribution in [0.1, 0.15) is 29.1 Å². The third-order valence-electron chi connectivity index (χ3n) is 3.51. The van der Waals surface area contributed by atoms with Gasteiger partial charge in [-0.25, -0.2) is 9.98 Å². The number of nitrogens with one attached hydrogen (secondary N) is 2. The molecule has 0 saturated carbocycles. The van der Waals surface area contributed by atoms with Crippen LogP contribution in [0.4, 0.5) is 0 Å². The summed E-state index contributed by atoms with van der Waals surface area (Å²) in [6, 6.07) is 5.32. The summed E-state index contributed by atoms with van der Waals surface area (Å²) in [5.41, 5.74) is 13.2. The average molecular weight is 370 g/mol. The largest absolute Gasteiger partial charge is 0.407 e. The number of fused-ring (bicyclic) bond motifs is 1. The van der Waals surface area contributed by atoms with Gasteiger partial charge in [0.1, 0.15) is 9.88 Å². The number of benzene rings is 1. The van der Waals surface area contributed by atoms with E-state index in [9.17, 15) is 4.79 Å². The van der Waals surface area contributed by atoms with E-state index >= 15 is 0 Å². The van der Waals surface area contributed by atoms with Crippen molar-refractivity contribution in [3.8, 4) is 10.6 Å². The molecule has 0 radical (unpaired) electrons. The summed E-state index contributed by atoms with van der Waals surface area (Å²) in [6.07, 6.45) is 3.26. The minimum absolute atomic E-state index is 0.0223. The summed E-state index contributed by atoms with van der Waals surface area (Å²) in [5, 5.41) is 9.61. The predicted octanol–water partition coefficient (Wildman–Crippen LogP) is 2.46. The van der Waals surface area contributed by atoms with Gasteiger partial charge in [-0.2, -0.15) is 0 Å². The van der Waals surface area contributed by atoms with E-state index < -0.39 is 5.91 Å². The number of amidine groups is 1. The molecule has 0 fully saturated rings. The molecule has 0 aliphatic heterocycles. The fourth-order valence-corrected chi connectivity index (χ4v) is 3.19. The van der Waals surface area contributed by atoms with Crippen molar-refractivity contribution in [2.24, 2.45) is 16.5 Å². The molecule has 0 atom stereocenters. The highest BCUT2D eigenvalue weighted by Gasteiger charge is 2.14. The van der Waals surface area contributed by atoms with Crippen molar-refractivity contribution in [1.29, 1.82) is 5.41 Å². The Hall–Kier alpha value is -3.20. The minimum atomic E-state index is -0.510. The van der Waals surface area contributed by atoms with Gasteiger partial charge in [-0.05, 0) is 32.0 Å². The van der Waals surface area contributed by atoms with E-state index in [-0.39, 0.29) is 18.0 Å². The summed E-state index contributed by atoms with van der Waals surface area (Å²) >= 11 is 1.22. The number of rotatable bonds is 4. The molecule has 3 rings (SSSR count). The van der Waals surface area contributed by atoms with Crippen LogP contribution in [0.3, 0.4) is 0 Å². The number of carbonyl (C=O) groups is 1. The molecular formula is C17H18N6O2S. The number of amides is 1. The van der Waals surface area contributed by atoms with E-state index in [1.165, 1.54) is 17.5 Å². The zero-order valence-electron chi connectivity index (χ0n) is 14.2. The van der Waals surface area contributed by atoms with Crippen LogP contribution in [0.5, 0.6) is 0 Å². The summed E-state index contributed by atoms with van der Waals surface area (Å²) in [7, 11) is 0. The van der Waals surface area contributed by atoms with Gasteiger partial charge in [0.05, 0.1) is 6.20 Å². The molecule has 0 saturated heterocycles. The number of carbonyl (C=O) groups excluding carboxylic acids is 1. The standard InChI is InChI=1S/C17H18N6O2S/c1-8(2)23-17(20)25-15(19)9-3-4-12-10(5-9)11(6-21-12)16-22-7-13(26-16)14(18)24/h3-8,19,21H,1-2H3,(H2,18,24)(H2,20,23). The maximum Gasteiger partial charge on any atom is 0.289 e. The molecule has 26 heavy (non-hydrogen) atoms. The Morgan fingerprint density at radius 2 is 2.15 bits per heavy atom. The first-order valence-corrected chi connectivity index (χ1v) is 8.64. The second kappa shape index (κ2) is 6.96. The Morgan fingerprint density at radius 3 is 2.81 bits per heavy atom. The van der Waals surface area contributed by atoms with Gasteiger partial charge >= 0.3 is 0 Å². The van der Waals surface area contributed by atoms with Crippen LogP contribution in [0, 0.1) is 5.41 Å². The van der Waals surface area contributed by atoms with Gasteiger partial charge in [0.2, 0.25) is 5.90 Å². The Balaban J connectivity index is 1.95. The predicted molar refractivity (Wildman–Crippen MR) is 103 cm³/mol. The van der Waals surface area contributed by atoms with Crippen LogP contribution < -0.4 is 11.5 Å². The lowest BCUT2D eigenvalue weighted by Gasteiger charge is -2.07. The van der Waals surface area contributed by atoms with E-state index in [1.807, 2.05) is 19.9 Å². The number of nitrogens with two attached hydrogens (primary N) is 2. The molecule has 2 heterocycles. The molecule has 9 heteroatoms. The van der Waals surface area contributed by atoms with Crippen molar-refractivity contribution in [2.45, 2.75) is 19.9 Å². The zero-order chi connectivity index (χ0) is 18.8. The van der Waals surface area contributed by atoms with Gasteiger partial charge in [0, 0.05) is 34.3 Å². The van der Waals surface area contributed by atoms with Crippen LogP contribution in [0.25, 0.3) is 21.5 Å². The Labute approximate surface area is 153 Å². The normalized spacial score (nSPS) is 11.9. The molecule has 0 aliphatic carbocycles. The van der Waals surface area contributed by atoms with Crippen molar-refractivity contribution in [1.82, 2.24) is 9.97 Å². The Bertz CT molecular complexity index is 1020. The van der Waals surface area contributed by atoms with Gasteiger partial charge in [0.15, 0.2) is 0 Å². The third kappa shape index (κ3) is 3.57. The molecule has 0 bridgehead atoms. The highest BCUT2D eigenvalue weighted by Crippen LogP contribution is 2.32. The van der Waals surface area contributed by atoms with E-state index in [4.69, 9.17) is 21.6 Å². The van der Waals surface area contributed by atoms with Crippen molar-refractivity contribution >= 4 is 40.1 Å². The summed E-state index contributed by atoms with van der Waals surface area (Å²) in [4.78, 5) is 23.1. The third-order valence-corrected chi connectivity index (χ3v) is 4.56. The number of aromatic amines is 1. The van der Waals surface area contributed by atoms with Crippen LogP contribution in [0.2, 0.25) is 0 Å². The van der Waals surface area contributed by atoms with Crippen LogP contribution in [0.15, 0.2) is 35.6 Å². The quantitative estimate of drug-likeness (QED) is 0.413. The molecule has 134 valence electrons. The first-order valence-electron chi connectivity index (χ1n) is 7.82. The summed E-state index contributed by atoms with van der Waals surface area (Å²) in [6.45, 7) is 3.73. The second-order valence-electron chi connectivity index (χ2n) is 5.85. The summed E-state index contributed by atoms with van der Waals surface area (Å²) in [5.74, 6) is -0.609. The Kier molecular flexibility index (Phi) is 4.72. The number of H-pyrrole nitrogens is 1. The van der Waals surface area contributed by atoms with Crippen LogP contribution in [-0.4, -0.2) is 33.8 Å². The average Bonchev–Trinajstić information content (AvgIpc) is 3.19. The van der Waals surface area contributed by atoms with Gasteiger partial charge in [-0.1, -0.05) is 0 Å². The summed E-state index contributed by atoms with van der Waals surface area (Å²) < 4.78 is 5.28. The smallest absolute Gasteiger partial charge is 0.289 e. The van der Waals surface area contributed by atoms with Gasteiger partial charge < -0.3 is 21.2 Å². The number of hydrogen-bond donors (Lipinski definition) is 4. The lowest BCUT2D eigenvalue weighted by molar-refractivity contribution is 0.100. The van der Waals surface area contributed by atoms with Crippen LogP contribution in [-0.2, 0) is 4.74 Å². The van der Waals surface area contributed by atoms with Crippen molar-refractivity contribution in [2.75, 3.05) is 0 Å². The minimum Gasteiger partial charge on any atom is -0.407 e. The van der Waals surface area contributed by atoms with Crippen molar-refractivity contribution < 1.29 is 9.53 Å². The maximum absolute atomic E-state index is 11.3. The van der Waals surface area contributed by atoms with Gasteiger partial charge in [0.25, 0.3) is 11.9 Å². The monoisotopic (exact) mass is 370 g/mol. The fraction of sp³-hybridized carbons (Fsp3) is 0.176. The van der Waals surface area contributed by atoms with E-state index in [0.717, 1.165) is 16.5 Å². The lowest BCUT2D eigenvalue weighted by Crippen LogP contribution is -2.22. The van der Waals surface area contributed by atoms with Gasteiger partial charge in [-0.15, -0.1) is 11.3 Å². The number of thiazole rings is 1. The first-order chi connectivity index (χ1) is 12.3. The topological polar surface area (TPSA) is 143 Å². The van der Waals surface area contributed by atoms with Crippen molar-refractivity contribution in [3.63, 3.8) is 0 Å². The number of ether oxygens (including phenoxy) is 1. The fourth-order valence-electron chi connectivity index (χ4n) is 2.40. The second-order valence-corrected chi connectivity index (χ2v) is 6.88. The van der Waals surface area contributed by atoms with E-state index in [1.54, 1.807) is 18.3 Å². The van der Waals surface area contributed by atoms with Crippen molar-refractivity contribution in [3.05, 3.63) is 41.0 Å². The highest BCUT2D eigenvalue weighted by atomic mass is 32.1. The number of nitrogens with zero attached hydrogens (tertiary/aromatic N) is 2. The lowest BCUT2D eigenvalue weighted by atomic mass is 10.1. The molecule has 0 unspecified atom stereocenters. The molecule has 0 aliphatic rings. The zero-order valence-corrected chi connectivity index (χ0v) is 15.1.